The summed E-state index contributed by atoms with van der Waals surface area (Å²) in [5, 5.41) is 0. The largest absolute Gasteiger partial charge is 0.0701 e. The number of hydrogen-bond donors (Lipinski definition) is 0. The van der Waals surface area contributed by atoms with Crippen molar-refractivity contribution in [2.24, 2.45) is 0 Å². The second kappa shape index (κ2) is 9.94. The van der Waals surface area contributed by atoms with Crippen LogP contribution < -0.4 is 0 Å². The molecular formula is C30H36. The first-order chi connectivity index (χ1) is 14.6. The van der Waals surface area contributed by atoms with Gasteiger partial charge in [-0.1, -0.05) is 125 Å². The molecule has 0 saturated heterocycles. The van der Waals surface area contributed by atoms with Gasteiger partial charge in [-0.3, -0.25) is 0 Å². The van der Waals surface area contributed by atoms with Crippen molar-refractivity contribution in [1.82, 2.24) is 0 Å². The molecule has 3 aromatic carbocycles. The maximum Gasteiger partial charge on any atom is 0.0143 e. The summed E-state index contributed by atoms with van der Waals surface area (Å²) in [7, 11) is 0. The highest BCUT2D eigenvalue weighted by Gasteiger charge is 2.37. The Morgan fingerprint density at radius 2 is 1.17 bits per heavy atom. The van der Waals surface area contributed by atoms with Crippen molar-refractivity contribution in [2.75, 3.05) is 0 Å². The van der Waals surface area contributed by atoms with E-state index in [9.17, 15) is 0 Å². The first-order valence-corrected chi connectivity index (χ1v) is 11.4. The van der Waals surface area contributed by atoms with Crippen molar-refractivity contribution in [3.05, 3.63) is 114 Å². The summed E-state index contributed by atoms with van der Waals surface area (Å²) in [6.45, 7) is 9.40. The highest BCUT2D eigenvalue weighted by Crippen LogP contribution is 2.45. The van der Waals surface area contributed by atoms with Crippen molar-refractivity contribution < 1.29 is 0 Å². The van der Waals surface area contributed by atoms with E-state index in [-0.39, 0.29) is 10.8 Å². The number of allylic oxidation sites excluding steroid dienone is 2. The summed E-state index contributed by atoms with van der Waals surface area (Å²) in [5.41, 5.74) is 5.74. The van der Waals surface area contributed by atoms with Crippen LogP contribution in [0.25, 0.3) is 5.57 Å². The molecule has 3 aromatic rings. The van der Waals surface area contributed by atoms with Crippen molar-refractivity contribution in [3.63, 3.8) is 0 Å². The Bertz CT molecular complexity index is 924. The summed E-state index contributed by atoms with van der Waals surface area (Å²) >= 11 is 0. The lowest BCUT2D eigenvalue weighted by atomic mass is 9.63. The molecule has 0 heteroatoms. The van der Waals surface area contributed by atoms with E-state index >= 15 is 0 Å². The smallest absolute Gasteiger partial charge is 0.0143 e. The van der Waals surface area contributed by atoms with Crippen LogP contribution in [0, 0.1) is 0 Å². The molecule has 0 aliphatic heterocycles. The molecular weight excluding hydrogens is 360 g/mol. The molecule has 0 aliphatic rings. The van der Waals surface area contributed by atoms with E-state index in [1.165, 1.54) is 22.3 Å². The van der Waals surface area contributed by atoms with E-state index in [2.05, 4.69) is 125 Å². The molecule has 0 radical (unpaired) electrons. The van der Waals surface area contributed by atoms with Crippen LogP contribution in [0.2, 0.25) is 0 Å². The average Bonchev–Trinajstić information content (AvgIpc) is 2.83. The maximum atomic E-state index is 2.59. The molecule has 156 valence electrons. The number of benzene rings is 3. The molecule has 0 fully saturated rings. The highest BCUT2D eigenvalue weighted by molar-refractivity contribution is 5.67. The molecule has 0 aliphatic carbocycles. The zero-order valence-corrected chi connectivity index (χ0v) is 19.1. The van der Waals surface area contributed by atoms with Gasteiger partial charge in [0.05, 0.1) is 0 Å². The molecule has 0 nitrogen and oxygen atoms in total. The van der Waals surface area contributed by atoms with Gasteiger partial charge in [-0.25, -0.2) is 0 Å². The molecule has 0 N–H and O–H groups in total. The quantitative estimate of drug-likeness (QED) is 0.340. The SMILES string of the molecule is CCC(=CC(CC)(CC(C)(CC)c1ccccc1)c1ccccc1)c1ccccc1. The summed E-state index contributed by atoms with van der Waals surface area (Å²) in [4.78, 5) is 0. The van der Waals surface area contributed by atoms with Crippen LogP contribution in [-0.4, -0.2) is 0 Å². The molecule has 3 rings (SSSR count). The second-order valence-corrected chi connectivity index (χ2v) is 8.72. The average molecular weight is 397 g/mol. The van der Waals surface area contributed by atoms with Gasteiger partial charge < -0.3 is 0 Å². The standard InChI is InChI=1S/C30H36/c1-5-25(26-17-11-8-12-18-26)23-30(7-3,28-21-15-10-16-22-28)24-29(4,6-2)27-19-13-9-14-20-27/h8-23H,5-7,24H2,1-4H3. The second-order valence-electron chi connectivity index (χ2n) is 8.72. The Kier molecular flexibility index (Phi) is 7.32. The molecule has 0 bridgehead atoms. The third-order valence-corrected chi connectivity index (χ3v) is 6.91. The lowest BCUT2D eigenvalue weighted by Crippen LogP contribution is -2.34. The van der Waals surface area contributed by atoms with Gasteiger partial charge in [-0.05, 0) is 53.4 Å². The van der Waals surface area contributed by atoms with Gasteiger partial charge in [0, 0.05) is 5.41 Å². The summed E-state index contributed by atoms with van der Waals surface area (Å²) < 4.78 is 0. The minimum absolute atomic E-state index is 0.0109. The molecule has 0 aromatic heterocycles. The Hall–Kier alpha value is -2.60. The van der Waals surface area contributed by atoms with Gasteiger partial charge in [0.1, 0.15) is 0 Å². The van der Waals surface area contributed by atoms with E-state index in [0.717, 1.165) is 25.7 Å². The fourth-order valence-corrected chi connectivity index (χ4v) is 4.78. The Balaban J connectivity index is 2.16. The Morgan fingerprint density at radius 3 is 1.63 bits per heavy atom. The van der Waals surface area contributed by atoms with E-state index in [1.807, 2.05) is 0 Å². The Morgan fingerprint density at radius 1 is 0.667 bits per heavy atom. The molecule has 0 spiro atoms. The van der Waals surface area contributed by atoms with Crippen LogP contribution in [-0.2, 0) is 10.8 Å². The minimum atomic E-state index is -0.0109. The van der Waals surface area contributed by atoms with Gasteiger partial charge in [0.2, 0.25) is 0 Å². The van der Waals surface area contributed by atoms with Crippen LogP contribution in [0.5, 0.6) is 0 Å². The van der Waals surface area contributed by atoms with Gasteiger partial charge in [-0.2, -0.15) is 0 Å². The lowest BCUT2D eigenvalue weighted by Gasteiger charge is -2.41. The van der Waals surface area contributed by atoms with Crippen LogP contribution in [0.4, 0.5) is 0 Å². The predicted octanol–water partition coefficient (Wildman–Crippen LogP) is 8.59. The third-order valence-electron chi connectivity index (χ3n) is 6.91. The van der Waals surface area contributed by atoms with Crippen molar-refractivity contribution >= 4 is 5.57 Å². The molecule has 0 heterocycles. The zero-order valence-electron chi connectivity index (χ0n) is 19.1. The minimum Gasteiger partial charge on any atom is -0.0701 e. The fourth-order valence-electron chi connectivity index (χ4n) is 4.78. The molecule has 30 heavy (non-hydrogen) atoms. The first kappa shape index (κ1) is 22.1. The predicted molar refractivity (Wildman–Crippen MR) is 132 cm³/mol. The number of rotatable bonds is 9. The van der Waals surface area contributed by atoms with Gasteiger partial charge in [0.15, 0.2) is 0 Å². The summed E-state index contributed by atoms with van der Waals surface area (Å²) in [6.07, 6.45) is 6.92. The van der Waals surface area contributed by atoms with Crippen LogP contribution in [0.1, 0.15) is 70.1 Å². The van der Waals surface area contributed by atoms with Gasteiger partial charge in [-0.15, -0.1) is 0 Å². The highest BCUT2D eigenvalue weighted by atomic mass is 14.4. The zero-order chi connectivity index (χ0) is 21.5. The Labute approximate surface area is 183 Å². The molecule has 2 atom stereocenters. The maximum absolute atomic E-state index is 2.59. The van der Waals surface area contributed by atoms with E-state index in [4.69, 9.17) is 0 Å². The monoisotopic (exact) mass is 396 g/mol. The van der Waals surface area contributed by atoms with Gasteiger partial charge >= 0.3 is 0 Å². The van der Waals surface area contributed by atoms with Crippen molar-refractivity contribution in [2.45, 2.75) is 64.2 Å². The lowest BCUT2D eigenvalue weighted by molar-refractivity contribution is 0.318. The van der Waals surface area contributed by atoms with Crippen LogP contribution in [0.3, 0.4) is 0 Å². The van der Waals surface area contributed by atoms with Gasteiger partial charge in [0.25, 0.3) is 0 Å². The third kappa shape index (κ3) is 4.75. The summed E-state index contributed by atoms with van der Waals surface area (Å²) in [5.74, 6) is 0. The summed E-state index contributed by atoms with van der Waals surface area (Å²) in [6, 6.07) is 33.1. The van der Waals surface area contributed by atoms with Crippen LogP contribution >= 0.6 is 0 Å². The molecule has 2 unspecified atom stereocenters. The first-order valence-electron chi connectivity index (χ1n) is 11.4. The topological polar surface area (TPSA) is 0 Å². The van der Waals surface area contributed by atoms with E-state index < -0.39 is 0 Å². The van der Waals surface area contributed by atoms with E-state index in [1.54, 1.807) is 0 Å². The normalized spacial score (nSPS) is 15.9. The number of hydrogen-bond acceptors (Lipinski definition) is 0. The van der Waals surface area contributed by atoms with E-state index in [0.29, 0.717) is 0 Å². The van der Waals surface area contributed by atoms with Crippen molar-refractivity contribution in [1.29, 1.82) is 0 Å². The fraction of sp³-hybridized carbons (Fsp3) is 0.333. The molecule has 0 amide bonds. The van der Waals surface area contributed by atoms with Crippen LogP contribution in [0.15, 0.2) is 97.1 Å². The van der Waals surface area contributed by atoms with Crippen molar-refractivity contribution in [3.8, 4) is 0 Å². The molecule has 0 saturated carbocycles.